The molecule has 1 N–H and O–H groups in total. The minimum Gasteiger partial charge on any atom is -0.478 e. The predicted octanol–water partition coefficient (Wildman–Crippen LogP) is 3.01. The van der Waals surface area contributed by atoms with E-state index in [0.717, 1.165) is 6.54 Å². The summed E-state index contributed by atoms with van der Waals surface area (Å²) in [4.78, 5) is 13.2. The normalized spacial score (nSPS) is 18.3. The highest BCUT2D eigenvalue weighted by Gasteiger charge is 2.39. The van der Waals surface area contributed by atoms with Crippen LogP contribution in [0.2, 0.25) is 0 Å². The molecule has 98 valence electrons. The fourth-order valence-electron chi connectivity index (χ4n) is 2.72. The average Bonchev–Trinajstić information content (AvgIpc) is 2.34. The Kier molecular flexibility index (Phi) is 3.71. The Hall–Kier alpha value is -1.35. The monoisotopic (exact) mass is 247 g/mol. The van der Waals surface area contributed by atoms with Crippen molar-refractivity contribution < 1.29 is 9.90 Å². The summed E-state index contributed by atoms with van der Waals surface area (Å²) in [7, 11) is 0. The summed E-state index contributed by atoms with van der Waals surface area (Å²) in [5.74, 6) is -0.860. The van der Waals surface area contributed by atoms with Gasteiger partial charge in [-0.25, -0.2) is 4.79 Å². The van der Waals surface area contributed by atoms with Crippen molar-refractivity contribution in [1.82, 2.24) is 4.90 Å². The number of carboxylic acid groups (broad SMARTS) is 1. The molecule has 0 aromatic heterocycles. The fraction of sp³-hybridized carbons (Fsp3) is 0.533. The van der Waals surface area contributed by atoms with Crippen LogP contribution >= 0.6 is 0 Å². The number of hydrogen-bond donors (Lipinski definition) is 1. The maximum absolute atomic E-state index is 10.8. The summed E-state index contributed by atoms with van der Waals surface area (Å²) in [5.41, 5.74) is 2.08. The number of likely N-dealkylation sites (tertiary alicyclic amines) is 1. The van der Waals surface area contributed by atoms with E-state index in [0.29, 0.717) is 11.0 Å². The van der Waals surface area contributed by atoms with Crippen LogP contribution < -0.4 is 0 Å². The van der Waals surface area contributed by atoms with Crippen LogP contribution in [0.4, 0.5) is 0 Å². The molecule has 1 saturated heterocycles. The van der Waals surface area contributed by atoms with Gasteiger partial charge in [-0.3, -0.25) is 4.90 Å². The van der Waals surface area contributed by atoms with Crippen LogP contribution in [0.15, 0.2) is 24.3 Å². The first kappa shape index (κ1) is 13.1. The lowest BCUT2D eigenvalue weighted by Crippen LogP contribution is -2.54. The van der Waals surface area contributed by atoms with Crippen LogP contribution in [-0.4, -0.2) is 29.1 Å². The molecule has 1 fully saturated rings. The van der Waals surface area contributed by atoms with Crippen molar-refractivity contribution in [2.45, 2.75) is 33.2 Å². The zero-order valence-corrected chi connectivity index (χ0v) is 11.1. The second-order valence-corrected chi connectivity index (χ2v) is 5.35. The zero-order chi connectivity index (χ0) is 13.2. The van der Waals surface area contributed by atoms with Gasteiger partial charge in [0.1, 0.15) is 0 Å². The first-order valence-corrected chi connectivity index (χ1v) is 6.63. The number of benzene rings is 1. The third-order valence-corrected chi connectivity index (χ3v) is 4.23. The number of hydrogen-bond acceptors (Lipinski definition) is 2. The van der Waals surface area contributed by atoms with Gasteiger partial charge in [0.05, 0.1) is 5.56 Å². The van der Waals surface area contributed by atoms with Gasteiger partial charge in [-0.15, -0.1) is 0 Å². The molecule has 1 heterocycles. The Morgan fingerprint density at radius 3 is 2.22 bits per heavy atom. The van der Waals surface area contributed by atoms with Gasteiger partial charge in [-0.1, -0.05) is 26.0 Å². The molecule has 2 rings (SSSR count). The molecular weight excluding hydrogens is 226 g/mol. The van der Waals surface area contributed by atoms with E-state index in [1.807, 2.05) is 12.1 Å². The van der Waals surface area contributed by atoms with Crippen LogP contribution in [0.25, 0.3) is 0 Å². The molecule has 0 aliphatic carbocycles. The molecule has 0 amide bonds. The van der Waals surface area contributed by atoms with E-state index in [-0.39, 0.29) is 0 Å². The van der Waals surface area contributed by atoms with Crippen LogP contribution in [0.5, 0.6) is 0 Å². The van der Waals surface area contributed by atoms with Gasteiger partial charge in [-0.2, -0.15) is 0 Å². The topological polar surface area (TPSA) is 40.5 Å². The Labute approximate surface area is 108 Å². The molecule has 1 aromatic rings. The van der Waals surface area contributed by atoms with Gasteiger partial charge < -0.3 is 5.11 Å². The van der Waals surface area contributed by atoms with Crippen LogP contribution in [0.1, 0.15) is 42.6 Å². The molecule has 0 bridgehead atoms. The molecule has 3 nitrogen and oxygen atoms in total. The summed E-state index contributed by atoms with van der Waals surface area (Å²) in [6, 6.07) is 7.21. The number of rotatable bonds is 5. The van der Waals surface area contributed by atoms with Gasteiger partial charge in [-0.05, 0) is 36.0 Å². The highest BCUT2D eigenvalue weighted by Crippen LogP contribution is 2.37. The highest BCUT2D eigenvalue weighted by molar-refractivity contribution is 5.87. The Bertz CT molecular complexity index is 413. The maximum atomic E-state index is 10.8. The van der Waals surface area contributed by atoms with E-state index >= 15 is 0 Å². The number of nitrogens with zero attached hydrogens (tertiary/aromatic N) is 1. The van der Waals surface area contributed by atoms with Gasteiger partial charge >= 0.3 is 5.97 Å². The van der Waals surface area contributed by atoms with Crippen molar-refractivity contribution in [1.29, 1.82) is 0 Å². The summed E-state index contributed by atoms with van der Waals surface area (Å²) in [6.07, 6.45) is 2.50. The molecule has 0 atom stereocenters. The highest BCUT2D eigenvalue weighted by atomic mass is 16.4. The number of aromatic carboxylic acids is 1. The molecule has 0 spiro atoms. The lowest BCUT2D eigenvalue weighted by Gasteiger charge is -2.50. The van der Waals surface area contributed by atoms with Crippen molar-refractivity contribution in [3.63, 3.8) is 0 Å². The standard InChI is InChI=1S/C15H21NO2/c1-3-15(4-2)10-16(11-15)9-12-5-7-13(8-6-12)14(17)18/h5-8H,3-4,9-11H2,1-2H3,(H,17,18). The second kappa shape index (κ2) is 5.11. The molecule has 0 unspecified atom stereocenters. The Morgan fingerprint density at radius 1 is 1.22 bits per heavy atom. The zero-order valence-electron chi connectivity index (χ0n) is 11.1. The molecule has 1 aliphatic heterocycles. The van der Waals surface area contributed by atoms with Crippen LogP contribution in [0, 0.1) is 5.41 Å². The molecular formula is C15H21NO2. The molecule has 18 heavy (non-hydrogen) atoms. The van der Waals surface area contributed by atoms with Crippen molar-refractivity contribution in [2.24, 2.45) is 5.41 Å². The van der Waals surface area contributed by atoms with Crippen LogP contribution in [-0.2, 0) is 6.54 Å². The van der Waals surface area contributed by atoms with E-state index in [2.05, 4.69) is 18.7 Å². The number of carboxylic acids is 1. The lowest BCUT2D eigenvalue weighted by molar-refractivity contribution is -0.0120. The van der Waals surface area contributed by atoms with Crippen molar-refractivity contribution >= 4 is 5.97 Å². The van der Waals surface area contributed by atoms with Crippen molar-refractivity contribution in [3.05, 3.63) is 35.4 Å². The summed E-state index contributed by atoms with van der Waals surface area (Å²) in [6.45, 7) is 7.80. The molecule has 3 heteroatoms. The molecule has 1 aliphatic rings. The smallest absolute Gasteiger partial charge is 0.335 e. The van der Waals surface area contributed by atoms with E-state index < -0.39 is 5.97 Å². The molecule has 1 aromatic carbocycles. The van der Waals surface area contributed by atoms with Crippen molar-refractivity contribution in [3.8, 4) is 0 Å². The predicted molar refractivity (Wildman–Crippen MR) is 71.7 cm³/mol. The SMILES string of the molecule is CCC1(CC)CN(Cc2ccc(C(=O)O)cc2)C1. The minimum atomic E-state index is -0.860. The summed E-state index contributed by atoms with van der Waals surface area (Å²) < 4.78 is 0. The summed E-state index contributed by atoms with van der Waals surface area (Å²) >= 11 is 0. The maximum Gasteiger partial charge on any atom is 0.335 e. The molecule has 0 radical (unpaired) electrons. The van der Waals surface area contributed by atoms with Gasteiger partial charge in [0.25, 0.3) is 0 Å². The lowest BCUT2D eigenvalue weighted by atomic mass is 9.75. The Morgan fingerprint density at radius 2 is 1.78 bits per heavy atom. The average molecular weight is 247 g/mol. The first-order valence-electron chi connectivity index (χ1n) is 6.63. The van der Waals surface area contributed by atoms with E-state index in [1.165, 1.54) is 31.5 Å². The van der Waals surface area contributed by atoms with Crippen LogP contribution in [0.3, 0.4) is 0 Å². The Balaban J connectivity index is 1.90. The molecule has 0 saturated carbocycles. The van der Waals surface area contributed by atoms with Gasteiger partial charge in [0.2, 0.25) is 0 Å². The van der Waals surface area contributed by atoms with Crippen molar-refractivity contribution in [2.75, 3.05) is 13.1 Å². The second-order valence-electron chi connectivity index (χ2n) is 5.35. The largest absolute Gasteiger partial charge is 0.478 e. The summed E-state index contributed by atoms with van der Waals surface area (Å²) in [5, 5.41) is 8.84. The minimum absolute atomic E-state index is 0.360. The van der Waals surface area contributed by atoms with Gasteiger partial charge in [0, 0.05) is 19.6 Å². The first-order chi connectivity index (χ1) is 8.58. The third-order valence-electron chi connectivity index (χ3n) is 4.23. The van der Waals surface area contributed by atoms with E-state index in [4.69, 9.17) is 5.11 Å². The number of carbonyl (C=O) groups is 1. The van der Waals surface area contributed by atoms with E-state index in [9.17, 15) is 4.79 Å². The van der Waals surface area contributed by atoms with E-state index in [1.54, 1.807) is 12.1 Å². The van der Waals surface area contributed by atoms with Gasteiger partial charge in [0.15, 0.2) is 0 Å². The fourth-order valence-corrected chi connectivity index (χ4v) is 2.72. The third kappa shape index (κ3) is 2.56. The quantitative estimate of drug-likeness (QED) is 0.869.